The Morgan fingerprint density at radius 2 is 2.08 bits per heavy atom. The van der Waals surface area contributed by atoms with E-state index in [0.29, 0.717) is 11.3 Å². The normalized spacial score (nSPS) is 16.0. The minimum absolute atomic E-state index is 0.222. The average molecular weight is 193 g/mol. The molecule has 0 saturated heterocycles. The van der Waals surface area contributed by atoms with Crippen LogP contribution in [0.25, 0.3) is 0 Å². The molecule has 0 aliphatic rings. The Morgan fingerprint density at radius 1 is 1.42 bits per heavy atom. The molecule has 0 rings (SSSR count). The van der Waals surface area contributed by atoms with Crippen LogP contribution in [0.3, 0.4) is 0 Å². The summed E-state index contributed by atoms with van der Waals surface area (Å²) in [7, 11) is 1.89. The lowest BCUT2D eigenvalue weighted by molar-refractivity contribution is 0.272. The second-order valence-electron chi connectivity index (χ2n) is 2.82. The van der Waals surface area contributed by atoms with Gasteiger partial charge in [-0.25, -0.2) is 0 Å². The molecule has 0 amide bonds. The third kappa shape index (κ3) is 5.83. The summed E-state index contributed by atoms with van der Waals surface area (Å²) in [6.07, 6.45) is 0.779. The lowest BCUT2D eigenvalue weighted by atomic mass is 10.2. The van der Waals surface area contributed by atoms with Crippen LogP contribution >= 0.6 is 11.8 Å². The van der Waals surface area contributed by atoms with Crippen molar-refractivity contribution in [2.75, 3.05) is 26.0 Å². The Kier molecular flexibility index (Phi) is 8.01. The highest BCUT2D eigenvalue weighted by Crippen LogP contribution is 2.11. The van der Waals surface area contributed by atoms with Gasteiger partial charge in [0.25, 0.3) is 0 Å². The Labute approximate surface area is 78.6 Å². The van der Waals surface area contributed by atoms with Gasteiger partial charge in [-0.15, -0.1) is 0 Å². The third-order valence-electron chi connectivity index (χ3n) is 1.72. The Bertz CT molecular complexity index is 103. The van der Waals surface area contributed by atoms with Crippen LogP contribution in [0.4, 0.5) is 0 Å². The monoisotopic (exact) mass is 193 g/mol. The summed E-state index contributed by atoms with van der Waals surface area (Å²) < 4.78 is 0. The molecule has 0 bridgehead atoms. The summed E-state index contributed by atoms with van der Waals surface area (Å²) in [5, 5.41) is 20.9. The number of hydrogen-bond donors (Lipinski definition) is 3. The molecule has 2 unspecified atom stereocenters. The fourth-order valence-corrected chi connectivity index (χ4v) is 1.80. The van der Waals surface area contributed by atoms with E-state index in [2.05, 4.69) is 5.32 Å². The van der Waals surface area contributed by atoms with Crippen molar-refractivity contribution in [3.05, 3.63) is 0 Å². The summed E-state index contributed by atoms with van der Waals surface area (Å²) in [6, 6.07) is 0.356. The van der Waals surface area contributed by atoms with E-state index in [0.717, 1.165) is 12.2 Å². The molecule has 12 heavy (non-hydrogen) atoms. The van der Waals surface area contributed by atoms with Crippen LogP contribution in [-0.2, 0) is 0 Å². The molecule has 0 aliphatic heterocycles. The molecule has 0 aromatic rings. The summed E-state index contributed by atoms with van der Waals surface area (Å²) >= 11 is 1.73. The van der Waals surface area contributed by atoms with Crippen molar-refractivity contribution in [3.8, 4) is 0 Å². The first-order valence-corrected chi connectivity index (χ1v) is 5.30. The molecule has 0 aliphatic carbocycles. The minimum Gasteiger partial charge on any atom is -0.396 e. The van der Waals surface area contributed by atoms with E-state index < -0.39 is 0 Å². The van der Waals surface area contributed by atoms with E-state index in [1.807, 2.05) is 14.0 Å². The maximum atomic E-state index is 8.76. The van der Waals surface area contributed by atoms with Gasteiger partial charge in [0.15, 0.2) is 0 Å². The summed E-state index contributed by atoms with van der Waals surface area (Å²) in [4.78, 5) is 0. The summed E-state index contributed by atoms with van der Waals surface area (Å²) in [5.74, 6) is 0.943. The van der Waals surface area contributed by atoms with Crippen molar-refractivity contribution in [2.45, 2.75) is 24.6 Å². The van der Waals surface area contributed by atoms with Crippen LogP contribution in [-0.4, -0.2) is 47.5 Å². The number of aliphatic hydroxyl groups is 2. The second kappa shape index (κ2) is 7.86. The van der Waals surface area contributed by atoms with E-state index in [-0.39, 0.29) is 13.2 Å². The molecule has 0 heterocycles. The number of thioether (sulfide) groups is 1. The predicted molar refractivity (Wildman–Crippen MR) is 53.6 cm³/mol. The van der Waals surface area contributed by atoms with Gasteiger partial charge in [-0.05, 0) is 13.5 Å². The van der Waals surface area contributed by atoms with Crippen molar-refractivity contribution in [2.24, 2.45) is 0 Å². The first kappa shape index (κ1) is 12.2. The molecular formula is C8H19NO2S. The molecule has 2 atom stereocenters. The Morgan fingerprint density at radius 3 is 2.50 bits per heavy atom. The van der Waals surface area contributed by atoms with Gasteiger partial charge >= 0.3 is 0 Å². The fourth-order valence-electron chi connectivity index (χ4n) is 0.800. The van der Waals surface area contributed by atoms with Gasteiger partial charge in [0.1, 0.15) is 0 Å². The highest BCUT2D eigenvalue weighted by molar-refractivity contribution is 7.99. The van der Waals surface area contributed by atoms with Crippen LogP contribution in [0.2, 0.25) is 0 Å². The van der Waals surface area contributed by atoms with Gasteiger partial charge in [-0.1, -0.05) is 6.92 Å². The number of hydrogen-bond acceptors (Lipinski definition) is 4. The summed E-state index contributed by atoms with van der Waals surface area (Å²) in [6.45, 7) is 2.44. The van der Waals surface area contributed by atoms with E-state index in [1.165, 1.54) is 0 Å². The van der Waals surface area contributed by atoms with Gasteiger partial charge in [0, 0.05) is 23.7 Å². The molecule has 0 spiro atoms. The quantitative estimate of drug-likeness (QED) is 0.535. The number of rotatable bonds is 7. The lowest BCUT2D eigenvalue weighted by Crippen LogP contribution is -2.29. The second-order valence-corrected chi connectivity index (χ2v) is 4.30. The first-order valence-electron chi connectivity index (χ1n) is 4.25. The van der Waals surface area contributed by atoms with Crippen molar-refractivity contribution >= 4 is 11.8 Å². The van der Waals surface area contributed by atoms with Gasteiger partial charge < -0.3 is 15.5 Å². The third-order valence-corrected chi connectivity index (χ3v) is 3.04. The molecule has 3 N–H and O–H groups in total. The molecule has 3 nitrogen and oxygen atoms in total. The number of aliphatic hydroxyl groups excluding tert-OH is 2. The van der Waals surface area contributed by atoms with Crippen LogP contribution in [0, 0.1) is 0 Å². The first-order chi connectivity index (χ1) is 5.74. The topological polar surface area (TPSA) is 52.5 Å². The summed E-state index contributed by atoms with van der Waals surface area (Å²) in [5.41, 5.74) is 0. The van der Waals surface area contributed by atoms with Gasteiger partial charge in [-0.3, -0.25) is 0 Å². The molecule has 0 saturated carbocycles. The standard InChI is InChI=1S/C8H19NO2S/c1-7(5-11)12-6-8(9-2)3-4-10/h7-11H,3-6H2,1-2H3. The zero-order valence-electron chi connectivity index (χ0n) is 7.79. The molecule has 0 aromatic heterocycles. The average Bonchev–Trinajstić information content (AvgIpc) is 2.11. The van der Waals surface area contributed by atoms with Crippen LogP contribution in [0.5, 0.6) is 0 Å². The Hall–Kier alpha value is 0.230. The molecule has 0 radical (unpaired) electrons. The molecule has 74 valence electrons. The zero-order valence-corrected chi connectivity index (χ0v) is 8.60. The zero-order chi connectivity index (χ0) is 9.40. The number of nitrogens with one attached hydrogen (secondary N) is 1. The van der Waals surface area contributed by atoms with E-state index >= 15 is 0 Å². The largest absolute Gasteiger partial charge is 0.396 e. The molecule has 4 heteroatoms. The van der Waals surface area contributed by atoms with Crippen LogP contribution < -0.4 is 5.32 Å². The maximum Gasteiger partial charge on any atom is 0.0547 e. The SMILES string of the molecule is CNC(CCO)CSC(C)CO. The van der Waals surface area contributed by atoms with Crippen molar-refractivity contribution in [3.63, 3.8) is 0 Å². The van der Waals surface area contributed by atoms with Crippen molar-refractivity contribution < 1.29 is 10.2 Å². The van der Waals surface area contributed by atoms with Crippen molar-refractivity contribution in [1.82, 2.24) is 5.32 Å². The van der Waals surface area contributed by atoms with Gasteiger partial charge in [0.05, 0.1) is 6.61 Å². The highest BCUT2D eigenvalue weighted by Gasteiger charge is 2.07. The molecule has 0 fully saturated rings. The Balaban J connectivity index is 3.43. The fraction of sp³-hybridized carbons (Fsp3) is 1.00. The van der Waals surface area contributed by atoms with Gasteiger partial charge in [0.2, 0.25) is 0 Å². The van der Waals surface area contributed by atoms with Crippen LogP contribution in [0.15, 0.2) is 0 Å². The predicted octanol–water partition coefficient (Wildman–Crippen LogP) is 0.0708. The highest BCUT2D eigenvalue weighted by atomic mass is 32.2. The molecular weight excluding hydrogens is 174 g/mol. The lowest BCUT2D eigenvalue weighted by Gasteiger charge is -2.16. The van der Waals surface area contributed by atoms with Crippen LogP contribution in [0.1, 0.15) is 13.3 Å². The van der Waals surface area contributed by atoms with E-state index in [4.69, 9.17) is 10.2 Å². The molecule has 0 aromatic carbocycles. The maximum absolute atomic E-state index is 8.76. The van der Waals surface area contributed by atoms with E-state index in [9.17, 15) is 0 Å². The van der Waals surface area contributed by atoms with Gasteiger partial charge in [-0.2, -0.15) is 11.8 Å². The van der Waals surface area contributed by atoms with Crippen molar-refractivity contribution in [1.29, 1.82) is 0 Å². The van der Waals surface area contributed by atoms with E-state index in [1.54, 1.807) is 11.8 Å². The minimum atomic E-state index is 0.222. The smallest absolute Gasteiger partial charge is 0.0547 e.